The molecule has 0 aliphatic carbocycles. The minimum Gasteiger partial charge on any atom is -0.477 e. The van der Waals surface area contributed by atoms with E-state index >= 15 is 0 Å². The molecule has 7 nitrogen and oxygen atoms in total. The van der Waals surface area contributed by atoms with Gasteiger partial charge in [-0.25, -0.2) is 4.98 Å². The fourth-order valence-corrected chi connectivity index (χ4v) is 4.12. The number of amides is 1. The van der Waals surface area contributed by atoms with Crippen molar-refractivity contribution in [3.05, 3.63) is 46.6 Å². The maximum Gasteiger partial charge on any atom is 0.259 e. The summed E-state index contributed by atoms with van der Waals surface area (Å²) >= 11 is 1.60. The Morgan fingerprint density at radius 3 is 3.18 bits per heavy atom. The normalized spacial score (nSPS) is 16.9. The van der Waals surface area contributed by atoms with E-state index in [0.717, 1.165) is 24.9 Å². The summed E-state index contributed by atoms with van der Waals surface area (Å²) in [4.78, 5) is 23.6. The molecule has 0 saturated carbocycles. The Kier molecular flexibility index (Phi) is 5.66. The third-order valence-electron chi connectivity index (χ3n) is 4.80. The summed E-state index contributed by atoms with van der Waals surface area (Å²) in [6.45, 7) is 3.76. The molecule has 3 aromatic heterocycles. The summed E-state index contributed by atoms with van der Waals surface area (Å²) in [7, 11) is 0. The highest BCUT2D eigenvalue weighted by Crippen LogP contribution is 2.25. The molecule has 0 aromatic carbocycles. The van der Waals surface area contributed by atoms with Gasteiger partial charge in [0.2, 0.25) is 17.6 Å². The van der Waals surface area contributed by atoms with E-state index in [1.54, 1.807) is 29.7 Å². The molecule has 4 heterocycles. The second kappa shape index (κ2) is 8.52. The van der Waals surface area contributed by atoms with Gasteiger partial charge in [0.1, 0.15) is 5.56 Å². The Bertz CT molecular complexity index is 925. The first-order chi connectivity index (χ1) is 13.7. The number of hydrogen-bond donors (Lipinski definition) is 0. The van der Waals surface area contributed by atoms with E-state index in [1.165, 1.54) is 0 Å². The molecule has 4 rings (SSSR count). The minimum absolute atomic E-state index is 0.0364. The van der Waals surface area contributed by atoms with Crippen LogP contribution in [0.25, 0.3) is 11.4 Å². The van der Waals surface area contributed by atoms with E-state index in [2.05, 4.69) is 15.1 Å². The predicted molar refractivity (Wildman–Crippen MR) is 105 cm³/mol. The van der Waals surface area contributed by atoms with Crippen molar-refractivity contribution in [2.75, 3.05) is 19.7 Å². The largest absolute Gasteiger partial charge is 0.477 e. The number of ether oxygens (including phenoxy) is 1. The van der Waals surface area contributed by atoms with Gasteiger partial charge in [0.25, 0.3) is 5.91 Å². The third-order valence-corrected chi connectivity index (χ3v) is 5.48. The van der Waals surface area contributed by atoms with Crippen LogP contribution >= 0.6 is 11.3 Å². The van der Waals surface area contributed by atoms with Gasteiger partial charge in [-0.05, 0) is 49.3 Å². The number of thiophene rings is 1. The van der Waals surface area contributed by atoms with Gasteiger partial charge in [0.15, 0.2) is 0 Å². The molecule has 1 unspecified atom stereocenters. The van der Waals surface area contributed by atoms with Gasteiger partial charge in [-0.3, -0.25) is 4.79 Å². The topological polar surface area (TPSA) is 81.4 Å². The van der Waals surface area contributed by atoms with Crippen LogP contribution in [0.3, 0.4) is 0 Å². The first-order valence-corrected chi connectivity index (χ1v) is 10.4. The standard InChI is InChI=1S/C20H22N4O3S/c1-2-26-19-16(6-3-8-21-19)20(25)24-9-4-5-14(12-24)11-17-22-18(23-27-17)15-7-10-28-13-15/h3,6-8,10,13-14H,2,4-5,9,11-12H2,1H3. The highest BCUT2D eigenvalue weighted by molar-refractivity contribution is 7.08. The van der Waals surface area contributed by atoms with Crippen LogP contribution in [0.15, 0.2) is 39.7 Å². The van der Waals surface area contributed by atoms with Crippen LogP contribution in [0, 0.1) is 5.92 Å². The van der Waals surface area contributed by atoms with Gasteiger partial charge in [0.05, 0.1) is 6.61 Å². The third kappa shape index (κ3) is 4.06. The smallest absolute Gasteiger partial charge is 0.259 e. The quantitative estimate of drug-likeness (QED) is 0.630. The number of carbonyl (C=O) groups is 1. The van der Waals surface area contributed by atoms with Gasteiger partial charge in [-0.2, -0.15) is 16.3 Å². The number of rotatable bonds is 6. The SMILES string of the molecule is CCOc1ncccc1C(=O)N1CCCC(Cc2nc(-c3ccsc3)no2)C1. The molecule has 1 amide bonds. The Morgan fingerprint density at radius 1 is 1.43 bits per heavy atom. The van der Waals surface area contributed by atoms with E-state index < -0.39 is 0 Å². The van der Waals surface area contributed by atoms with Gasteiger partial charge in [-0.1, -0.05) is 5.16 Å². The Balaban J connectivity index is 1.43. The first-order valence-electron chi connectivity index (χ1n) is 9.47. The summed E-state index contributed by atoms with van der Waals surface area (Å²) in [6, 6.07) is 5.51. The number of pyridine rings is 1. The minimum atomic E-state index is -0.0364. The molecule has 0 spiro atoms. The number of likely N-dealkylation sites (tertiary alicyclic amines) is 1. The van der Waals surface area contributed by atoms with E-state index in [4.69, 9.17) is 9.26 Å². The van der Waals surface area contributed by atoms with Crippen molar-refractivity contribution < 1.29 is 14.1 Å². The van der Waals surface area contributed by atoms with Crippen LogP contribution in [0.5, 0.6) is 5.88 Å². The van der Waals surface area contributed by atoms with E-state index in [0.29, 0.717) is 48.6 Å². The van der Waals surface area contributed by atoms with Gasteiger partial charge in [-0.15, -0.1) is 0 Å². The molecule has 8 heteroatoms. The highest BCUT2D eigenvalue weighted by atomic mass is 32.1. The second-order valence-corrected chi connectivity index (χ2v) is 7.56. The molecule has 0 radical (unpaired) electrons. The second-order valence-electron chi connectivity index (χ2n) is 6.78. The highest BCUT2D eigenvalue weighted by Gasteiger charge is 2.28. The predicted octanol–water partition coefficient (Wildman–Crippen LogP) is 3.69. The van der Waals surface area contributed by atoms with Gasteiger partial charge in [0, 0.05) is 36.7 Å². The molecule has 1 aliphatic heterocycles. The zero-order valence-electron chi connectivity index (χ0n) is 15.7. The Morgan fingerprint density at radius 2 is 2.36 bits per heavy atom. The lowest BCUT2D eigenvalue weighted by atomic mass is 9.94. The van der Waals surface area contributed by atoms with E-state index in [-0.39, 0.29) is 5.91 Å². The molecule has 1 atom stereocenters. The number of aromatic nitrogens is 3. The number of nitrogens with zero attached hydrogens (tertiary/aromatic N) is 4. The van der Waals surface area contributed by atoms with Crippen LogP contribution in [-0.4, -0.2) is 45.6 Å². The maximum atomic E-state index is 13.0. The lowest BCUT2D eigenvalue weighted by Crippen LogP contribution is -2.40. The molecule has 146 valence electrons. The Hall–Kier alpha value is -2.74. The van der Waals surface area contributed by atoms with Crippen molar-refractivity contribution in [1.29, 1.82) is 0 Å². The molecule has 1 fully saturated rings. The van der Waals surface area contributed by atoms with Crippen LogP contribution < -0.4 is 4.74 Å². The Labute approximate surface area is 167 Å². The molecule has 0 N–H and O–H groups in total. The molecule has 1 saturated heterocycles. The van der Waals surface area contributed by atoms with E-state index in [1.807, 2.05) is 28.7 Å². The summed E-state index contributed by atoms with van der Waals surface area (Å²) in [5, 5.41) is 8.06. The fraction of sp³-hybridized carbons (Fsp3) is 0.400. The van der Waals surface area contributed by atoms with Crippen LogP contribution in [0.1, 0.15) is 36.0 Å². The number of hydrogen-bond acceptors (Lipinski definition) is 7. The van der Waals surface area contributed by atoms with Crippen molar-refractivity contribution >= 4 is 17.2 Å². The molecule has 0 bridgehead atoms. The van der Waals surface area contributed by atoms with E-state index in [9.17, 15) is 4.79 Å². The zero-order chi connectivity index (χ0) is 19.3. The molecular formula is C20H22N4O3S. The summed E-state index contributed by atoms with van der Waals surface area (Å²) in [5.41, 5.74) is 1.49. The summed E-state index contributed by atoms with van der Waals surface area (Å²) in [5.74, 6) is 1.90. The first kappa shape index (κ1) is 18.6. The average molecular weight is 398 g/mol. The zero-order valence-corrected chi connectivity index (χ0v) is 16.5. The van der Waals surface area contributed by atoms with Gasteiger partial charge >= 0.3 is 0 Å². The van der Waals surface area contributed by atoms with Gasteiger partial charge < -0.3 is 14.2 Å². The number of carbonyl (C=O) groups excluding carboxylic acids is 1. The molecule has 3 aromatic rings. The fourth-order valence-electron chi connectivity index (χ4n) is 3.49. The van der Waals surface area contributed by atoms with Crippen molar-refractivity contribution in [1.82, 2.24) is 20.0 Å². The van der Waals surface area contributed by atoms with Crippen molar-refractivity contribution in [2.24, 2.45) is 5.92 Å². The van der Waals surface area contributed by atoms with Crippen LogP contribution in [0.4, 0.5) is 0 Å². The van der Waals surface area contributed by atoms with Crippen molar-refractivity contribution in [3.63, 3.8) is 0 Å². The van der Waals surface area contributed by atoms with Crippen LogP contribution in [-0.2, 0) is 6.42 Å². The maximum absolute atomic E-state index is 13.0. The monoisotopic (exact) mass is 398 g/mol. The van der Waals surface area contributed by atoms with Crippen molar-refractivity contribution in [2.45, 2.75) is 26.2 Å². The summed E-state index contributed by atoms with van der Waals surface area (Å²) < 4.78 is 11.0. The molecular weight excluding hydrogens is 376 g/mol. The average Bonchev–Trinajstić information content (AvgIpc) is 3.40. The molecule has 28 heavy (non-hydrogen) atoms. The number of piperidine rings is 1. The lowest BCUT2D eigenvalue weighted by molar-refractivity contribution is 0.0663. The lowest BCUT2D eigenvalue weighted by Gasteiger charge is -2.32. The van der Waals surface area contributed by atoms with Crippen molar-refractivity contribution in [3.8, 4) is 17.3 Å². The summed E-state index contributed by atoms with van der Waals surface area (Å²) in [6.07, 6.45) is 4.30. The molecule has 1 aliphatic rings. The van der Waals surface area contributed by atoms with Crippen LogP contribution in [0.2, 0.25) is 0 Å².